The van der Waals surface area contributed by atoms with Crippen LogP contribution in [0.2, 0.25) is 0 Å². The Kier molecular flexibility index (Phi) is 7.39. The molecule has 0 spiro atoms. The van der Waals surface area contributed by atoms with Crippen LogP contribution in [0, 0.1) is 0 Å². The summed E-state index contributed by atoms with van der Waals surface area (Å²) in [7, 11) is 0. The van der Waals surface area contributed by atoms with Gasteiger partial charge in [-0.15, -0.1) is 0 Å². The first-order chi connectivity index (χ1) is 15.8. The Morgan fingerprint density at radius 2 is 0.943 bits per heavy atom. The first kappa shape index (κ1) is 27.8. The summed E-state index contributed by atoms with van der Waals surface area (Å²) in [6, 6.07) is 1.27. The van der Waals surface area contributed by atoms with Crippen LogP contribution in [0.1, 0.15) is 82.5 Å². The number of phenols is 4. The van der Waals surface area contributed by atoms with E-state index in [0.29, 0.717) is 12.1 Å². The first-order valence-corrected chi connectivity index (χ1v) is 10.2. The van der Waals surface area contributed by atoms with E-state index in [1.165, 1.54) is 27.7 Å². The molecule has 0 heterocycles. The predicted molar refractivity (Wildman–Crippen MR) is 111 cm³/mol. The van der Waals surface area contributed by atoms with Gasteiger partial charge in [-0.1, -0.05) is 27.7 Å². The standard InChI is InChI=1S/C23H22F6O6/c1-8(2)10-5-14(20(34)22(24,25)26)18(32)12(16(10)30)7-13-17(31)11(9(3)4)6-15(19(13)33)21(35)23(27,28)29/h5-6,8-9,30-33H,7H2,1-4H3. The molecule has 0 aliphatic heterocycles. The number of benzene rings is 2. The van der Waals surface area contributed by atoms with E-state index in [1.54, 1.807) is 0 Å². The highest BCUT2D eigenvalue weighted by atomic mass is 19.4. The van der Waals surface area contributed by atoms with Gasteiger partial charge in [-0.25, -0.2) is 0 Å². The number of hydrogen-bond acceptors (Lipinski definition) is 6. The molecule has 12 heteroatoms. The third-order valence-electron chi connectivity index (χ3n) is 5.40. The summed E-state index contributed by atoms with van der Waals surface area (Å²) in [6.07, 6.45) is -11.8. The molecule has 0 aliphatic rings. The molecule has 0 radical (unpaired) electrons. The maximum absolute atomic E-state index is 13.1. The number of rotatable bonds is 6. The smallest absolute Gasteiger partial charge is 0.455 e. The Bertz CT molecular complexity index is 1090. The second kappa shape index (κ2) is 9.31. The highest BCUT2D eigenvalue weighted by molar-refractivity contribution is 6.04. The lowest BCUT2D eigenvalue weighted by Gasteiger charge is -2.21. The van der Waals surface area contributed by atoms with E-state index in [4.69, 9.17) is 0 Å². The minimum atomic E-state index is -5.41. The van der Waals surface area contributed by atoms with Gasteiger partial charge in [0.1, 0.15) is 23.0 Å². The summed E-state index contributed by atoms with van der Waals surface area (Å²) >= 11 is 0. The molecule has 2 aromatic carbocycles. The molecule has 0 fully saturated rings. The summed E-state index contributed by atoms with van der Waals surface area (Å²) in [5, 5.41) is 42.1. The van der Waals surface area contributed by atoms with Crippen molar-refractivity contribution >= 4 is 11.6 Å². The summed E-state index contributed by atoms with van der Waals surface area (Å²) < 4.78 is 78.5. The molecule has 0 unspecified atom stereocenters. The van der Waals surface area contributed by atoms with E-state index in [1.807, 2.05) is 0 Å². The van der Waals surface area contributed by atoms with Crippen molar-refractivity contribution in [2.75, 3.05) is 0 Å². The van der Waals surface area contributed by atoms with Gasteiger partial charge < -0.3 is 20.4 Å². The van der Waals surface area contributed by atoms with Crippen LogP contribution in [0.5, 0.6) is 23.0 Å². The number of halogens is 6. The van der Waals surface area contributed by atoms with Crippen LogP contribution in [0.15, 0.2) is 12.1 Å². The average molecular weight is 508 g/mol. The lowest BCUT2D eigenvalue weighted by molar-refractivity contribution is -0.0889. The van der Waals surface area contributed by atoms with Crippen LogP contribution in [-0.4, -0.2) is 44.3 Å². The van der Waals surface area contributed by atoms with Gasteiger partial charge in [-0.2, -0.15) is 26.3 Å². The van der Waals surface area contributed by atoms with E-state index >= 15 is 0 Å². The van der Waals surface area contributed by atoms with Gasteiger partial charge in [0.15, 0.2) is 0 Å². The van der Waals surface area contributed by atoms with E-state index in [2.05, 4.69) is 0 Å². The van der Waals surface area contributed by atoms with Crippen molar-refractivity contribution in [1.82, 2.24) is 0 Å². The zero-order valence-corrected chi connectivity index (χ0v) is 18.9. The Balaban J connectivity index is 2.91. The van der Waals surface area contributed by atoms with Crippen LogP contribution < -0.4 is 0 Å². The minimum absolute atomic E-state index is 0.212. The normalized spacial score (nSPS) is 12.5. The number of hydrogen-bond donors (Lipinski definition) is 4. The molecule has 4 N–H and O–H groups in total. The van der Waals surface area contributed by atoms with E-state index in [-0.39, 0.29) is 11.1 Å². The van der Waals surface area contributed by atoms with Crippen molar-refractivity contribution in [3.05, 3.63) is 45.5 Å². The highest BCUT2D eigenvalue weighted by Gasteiger charge is 2.43. The second-order valence-corrected chi connectivity index (χ2v) is 8.52. The fraction of sp³-hybridized carbons (Fsp3) is 0.391. The molecule has 2 aromatic rings. The van der Waals surface area contributed by atoms with Crippen molar-refractivity contribution < 1.29 is 56.4 Å². The molecular weight excluding hydrogens is 486 g/mol. The number of ketones is 2. The average Bonchev–Trinajstić information content (AvgIpc) is 2.70. The number of carbonyl (C=O) groups is 2. The molecule has 0 amide bonds. The Morgan fingerprint density at radius 3 is 1.17 bits per heavy atom. The van der Waals surface area contributed by atoms with Crippen LogP contribution in [0.25, 0.3) is 0 Å². The first-order valence-electron chi connectivity index (χ1n) is 10.2. The molecule has 0 saturated carbocycles. The summed E-state index contributed by atoms with van der Waals surface area (Å²) in [5.41, 5.74) is -4.42. The van der Waals surface area contributed by atoms with Crippen molar-refractivity contribution in [2.45, 2.75) is 58.3 Å². The van der Waals surface area contributed by atoms with Crippen molar-refractivity contribution in [1.29, 1.82) is 0 Å². The molecule has 6 nitrogen and oxygen atoms in total. The Hall–Kier alpha value is -3.44. The highest BCUT2D eigenvalue weighted by Crippen LogP contribution is 2.46. The van der Waals surface area contributed by atoms with Gasteiger partial charge in [0.05, 0.1) is 11.1 Å². The van der Waals surface area contributed by atoms with Crippen LogP contribution in [0.4, 0.5) is 26.3 Å². The largest absolute Gasteiger partial charge is 0.507 e. The number of carbonyl (C=O) groups excluding carboxylic acids is 2. The number of Topliss-reactive ketones (excluding diaryl/α,β-unsaturated/α-hetero) is 2. The van der Waals surface area contributed by atoms with Crippen molar-refractivity contribution in [3.8, 4) is 23.0 Å². The molecule has 0 saturated heterocycles. The Labute approximate surface area is 195 Å². The second-order valence-electron chi connectivity index (χ2n) is 8.52. The van der Waals surface area contributed by atoms with Gasteiger partial charge in [-0.05, 0) is 35.1 Å². The van der Waals surface area contributed by atoms with Crippen LogP contribution >= 0.6 is 0 Å². The molecule has 0 atom stereocenters. The maximum Gasteiger partial charge on any atom is 0.455 e. The lowest BCUT2D eigenvalue weighted by Crippen LogP contribution is -2.24. The van der Waals surface area contributed by atoms with Gasteiger partial charge in [0.25, 0.3) is 11.6 Å². The van der Waals surface area contributed by atoms with E-state index in [9.17, 15) is 56.4 Å². The summed E-state index contributed by atoms with van der Waals surface area (Å²) in [4.78, 5) is 23.7. The minimum Gasteiger partial charge on any atom is -0.507 e. The molecule has 0 aliphatic carbocycles. The molecule has 0 aromatic heterocycles. The Morgan fingerprint density at radius 1 is 0.657 bits per heavy atom. The fourth-order valence-corrected chi connectivity index (χ4v) is 3.53. The molecular formula is C23H22F6O6. The van der Waals surface area contributed by atoms with Gasteiger partial charge in [-0.3, -0.25) is 9.59 Å². The van der Waals surface area contributed by atoms with Crippen molar-refractivity contribution in [2.24, 2.45) is 0 Å². The number of alkyl halides is 6. The van der Waals surface area contributed by atoms with Crippen molar-refractivity contribution in [3.63, 3.8) is 0 Å². The molecule has 35 heavy (non-hydrogen) atoms. The zero-order valence-electron chi connectivity index (χ0n) is 18.9. The summed E-state index contributed by atoms with van der Waals surface area (Å²) in [6.45, 7) is 5.80. The quantitative estimate of drug-likeness (QED) is 0.288. The third kappa shape index (κ3) is 5.30. The van der Waals surface area contributed by atoms with Crippen LogP contribution in [0.3, 0.4) is 0 Å². The molecule has 2 rings (SSSR count). The zero-order chi connectivity index (χ0) is 27.2. The monoisotopic (exact) mass is 508 g/mol. The fourth-order valence-electron chi connectivity index (χ4n) is 3.53. The van der Waals surface area contributed by atoms with Gasteiger partial charge >= 0.3 is 12.4 Å². The topological polar surface area (TPSA) is 115 Å². The SMILES string of the molecule is CC(C)c1cc(C(=O)C(F)(F)F)c(O)c(Cc2c(O)c(C(=O)C(F)(F)F)cc(C(C)C)c2O)c1O. The van der Waals surface area contributed by atoms with E-state index in [0.717, 1.165) is 0 Å². The third-order valence-corrected chi connectivity index (χ3v) is 5.40. The maximum atomic E-state index is 13.1. The van der Waals surface area contributed by atoms with E-state index < -0.39 is 87.4 Å². The number of aromatic hydroxyl groups is 4. The van der Waals surface area contributed by atoms with Gasteiger partial charge in [0.2, 0.25) is 0 Å². The van der Waals surface area contributed by atoms with Crippen LogP contribution in [-0.2, 0) is 6.42 Å². The number of phenolic OH excluding ortho intramolecular Hbond substituents is 4. The predicted octanol–water partition coefficient (Wildman–Crippen LogP) is 5.84. The summed E-state index contributed by atoms with van der Waals surface area (Å²) in [5.74, 6) is -10.5. The lowest BCUT2D eigenvalue weighted by atomic mass is 9.87. The van der Waals surface area contributed by atoms with Gasteiger partial charge in [0, 0.05) is 17.5 Å². The molecule has 192 valence electrons. The molecule has 0 bridgehead atoms.